The molecule has 18 heavy (non-hydrogen) atoms. The van der Waals surface area contributed by atoms with Crippen molar-refractivity contribution in [3.63, 3.8) is 0 Å². The second kappa shape index (κ2) is 8.18. The van der Waals surface area contributed by atoms with Gasteiger partial charge in [-0.2, -0.15) is 0 Å². The van der Waals surface area contributed by atoms with Crippen molar-refractivity contribution in [3.8, 4) is 5.75 Å². The molecule has 0 amide bonds. The van der Waals surface area contributed by atoms with Crippen LogP contribution in [0.1, 0.15) is 37.7 Å². The molecule has 1 aromatic rings. The van der Waals surface area contributed by atoms with Crippen molar-refractivity contribution < 1.29 is 4.74 Å². The van der Waals surface area contributed by atoms with Gasteiger partial charge in [-0.3, -0.25) is 0 Å². The molecule has 1 aromatic carbocycles. The summed E-state index contributed by atoms with van der Waals surface area (Å²) in [7, 11) is 1.73. The van der Waals surface area contributed by atoms with Crippen molar-refractivity contribution in [1.82, 2.24) is 5.32 Å². The maximum Gasteiger partial charge on any atom is 0.123 e. The molecule has 1 N–H and O–H groups in total. The van der Waals surface area contributed by atoms with E-state index in [-0.39, 0.29) is 17.0 Å². The third-order valence-corrected chi connectivity index (χ3v) is 3.92. The fraction of sp³-hybridized carbons (Fsp3) is 0.571. The van der Waals surface area contributed by atoms with Gasteiger partial charge >= 0.3 is 0 Å². The Labute approximate surface area is 128 Å². The van der Waals surface area contributed by atoms with Crippen LogP contribution in [0.2, 0.25) is 0 Å². The predicted molar refractivity (Wildman–Crippen MR) is 84.7 cm³/mol. The molecule has 0 aromatic heterocycles. The molecule has 4 heteroatoms. The average molecular weight is 379 g/mol. The van der Waals surface area contributed by atoms with Crippen LogP contribution in [-0.2, 0) is 6.54 Å². The lowest BCUT2D eigenvalue weighted by molar-refractivity contribution is 0.365. The van der Waals surface area contributed by atoms with Gasteiger partial charge in [0, 0.05) is 22.6 Å². The molecule has 1 fully saturated rings. The summed E-state index contributed by atoms with van der Waals surface area (Å²) < 4.78 is 6.49. The van der Waals surface area contributed by atoms with E-state index < -0.39 is 0 Å². The first-order chi connectivity index (χ1) is 8.29. The standard InChI is InChI=1S/C14H20BrNO.BrH/c1-17-14-8-7-12(15)9-11(14)10-16-13-5-3-2-4-6-13;/h7-9,13,16H,2-6,10H2,1H3;1H. The van der Waals surface area contributed by atoms with E-state index in [9.17, 15) is 0 Å². The lowest BCUT2D eigenvalue weighted by Gasteiger charge is -2.23. The molecular weight excluding hydrogens is 358 g/mol. The average Bonchev–Trinajstić information content (AvgIpc) is 2.38. The molecule has 0 aliphatic heterocycles. The van der Waals surface area contributed by atoms with Gasteiger partial charge in [0.15, 0.2) is 0 Å². The van der Waals surface area contributed by atoms with E-state index in [0.717, 1.165) is 16.8 Å². The molecule has 1 aliphatic carbocycles. The molecule has 1 saturated carbocycles. The Kier molecular flexibility index (Phi) is 7.27. The summed E-state index contributed by atoms with van der Waals surface area (Å²) in [5, 5.41) is 3.64. The number of benzene rings is 1. The van der Waals surface area contributed by atoms with Crippen molar-refractivity contribution in [2.75, 3.05) is 7.11 Å². The number of nitrogens with one attached hydrogen (secondary N) is 1. The van der Waals surface area contributed by atoms with Gasteiger partial charge in [0.25, 0.3) is 0 Å². The summed E-state index contributed by atoms with van der Waals surface area (Å²) in [6.07, 6.45) is 6.77. The maximum atomic E-state index is 5.38. The van der Waals surface area contributed by atoms with Crippen molar-refractivity contribution in [1.29, 1.82) is 0 Å². The van der Waals surface area contributed by atoms with Crippen LogP contribution in [0.25, 0.3) is 0 Å². The van der Waals surface area contributed by atoms with Crippen LogP contribution in [0.3, 0.4) is 0 Å². The zero-order valence-electron chi connectivity index (χ0n) is 10.7. The lowest BCUT2D eigenvalue weighted by atomic mass is 9.95. The summed E-state index contributed by atoms with van der Waals surface area (Å²) in [6, 6.07) is 6.85. The first-order valence-corrected chi connectivity index (χ1v) is 7.14. The summed E-state index contributed by atoms with van der Waals surface area (Å²) >= 11 is 3.51. The molecule has 0 atom stereocenters. The van der Waals surface area contributed by atoms with Gasteiger partial charge in [-0.15, -0.1) is 17.0 Å². The van der Waals surface area contributed by atoms with Crippen molar-refractivity contribution in [2.24, 2.45) is 0 Å². The highest BCUT2D eigenvalue weighted by atomic mass is 79.9. The number of ether oxygens (including phenoxy) is 1. The maximum absolute atomic E-state index is 5.38. The molecule has 0 heterocycles. The minimum atomic E-state index is 0. The quantitative estimate of drug-likeness (QED) is 0.835. The highest BCUT2D eigenvalue weighted by molar-refractivity contribution is 9.10. The second-order valence-corrected chi connectivity index (χ2v) is 5.59. The number of hydrogen-bond acceptors (Lipinski definition) is 2. The van der Waals surface area contributed by atoms with Crippen LogP contribution in [0.5, 0.6) is 5.75 Å². The van der Waals surface area contributed by atoms with Crippen LogP contribution < -0.4 is 10.1 Å². The normalized spacial score (nSPS) is 16.1. The van der Waals surface area contributed by atoms with Gasteiger partial charge in [0.2, 0.25) is 0 Å². The van der Waals surface area contributed by atoms with E-state index in [2.05, 4.69) is 27.3 Å². The summed E-state index contributed by atoms with van der Waals surface area (Å²) in [5.74, 6) is 0.969. The van der Waals surface area contributed by atoms with E-state index in [1.807, 2.05) is 12.1 Å². The Hall–Kier alpha value is -0.0600. The summed E-state index contributed by atoms with van der Waals surface area (Å²) in [5.41, 5.74) is 1.23. The molecule has 0 saturated heterocycles. The Morgan fingerprint density at radius 1 is 1.28 bits per heavy atom. The summed E-state index contributed by atoms with van der Waals surface area (Å²) in [6.45, 7) is 0.896. The van der Waals surface area contributed by atoms with Gasteiger partial charge in [0.1, 0.15) is 5.75 Å². The van der Waals surface area contributed by atoms with E-state index in [0.29, 0.717) is 6.04 Å². The number of methoxy groups -OCH3 is 1. The predicted octanol–water partition coefficient (Wildman–Crippen LogP) is 4.46. The molecule has 2 nitrogen and oxygen atoms in total. The zero-order valence-corrected chi connectivity index (χ0v) is 14.0. The van der Waals surface area contributed by atoms with Gasteiger partial charge < -0.3 is 10.1 Å². The smallest absolute Gasteiger partial charge is 0.123 e. The molecule has 0 bridgehead atoms. The van der Waals surface area contributed by atoms with Crippen molar-refractivity contribution in [2.45, 2.75) is 44.7 Å². The van der Waals surface area contributed by atoms with Crippen molar-refractivity contribution >= 4 is 32.9 Å². The Bertz CT molecular complexity index is 365. The Morgan fingerprint density at radius 2 is 2.00 bits per heavy atom. The molecular formula is C14H21Br2NO. The second-order valence-electron chi connectivity index (χ2n) is 4.67. The van der Waals surface area contributed by atoms with Crippen LogP contribution in [0.15, 0.2) is 22.7 Å². The third kappa shape index (κ3) is 4.56. The van der Waals surface area contributed by atoms with Gasteiger partial charge in [-0.25, -0.2) is 0 Å². The van der Waals surface area contributed by atoms with Crippen LogP contribution in [0.4, 0.5) is 0 Å². The minimum absolute atomic E-state index is 0. The minimum Gasteiger partial charge on any atom is -0.496 e. The molecule has 1 aliphatic rings. The molecule has 0 spiro atoms. The highest BCUT2D eigenvalue weighted by Gasteiger charge is 2.13. The van der Waals surface area contributed by atoms with Crippen LogP contribution in [-0.4, -0.2) is 13.2 Å². The monoisotopic (exact) mass is 377 g/mol. The Balaban J connectivity index is 0.00000162. The molecule has 102 valence electrons. The number of hydrogen-bond donors (Lipinski definition) is 1. The van der Waals surface area contributed by atoms with Gasteiger partial charge in [0.05, 0.1) is 7.11 Å². The topological polar surface area (TPSA) is 21.3 Å². The van der Waals surface area contributed by atoms with E-state index in [4.69, 9.17) is 4.74 Å². The SMILES string of the molecule is Br.COc1ccc(Br)cc1CNC1CCCCC1. The number of halogens is 2. The molecule has 0 unspecified atom stereocenters. The first-order valence-electron chi connectivity index (χ1n) is 6.35. The Morgan fingerprint density at radius 3 is 2.67 bits per heavy atom. The largest absolute Gasteiger partial charge is 0.496 e. The van der Waals surface area contributed by atoms with Crippen molar-refractivity contribution in [3.05, 3.63) is 28.2 Å². The number of rotatable bonds is 4. The third-order valence-electron chi connectivity index (χ3n) is 3.43. The fourth-order valence-electron chi connectivity index (χ4n) is 2.45. The van der Waals surface area contributed by atoms with E-state index in [1.54, 1.807) is 7.11 Å². The van der Waals surface area contributed by atoms with Crippen LogP contribution in [0, 0.1) is 0 Å². The van der Waals surface area contributed by atoms with E-state index in [1.165, 1.54) is 37.7 Å². The van der Waals surface area contributed by atoms with Crippen LogP contribution >= 0.6 is 32.9 Å². The highest BCUT2D eigenvalue weighted by Crippen LogP contribution is 2.24. The van der Waals surface area contributed by atoms with E-state index >= 15 is 0 Å². The lowest BCUT2D eigenvalue weighted by Crippen LogP contribution is -2.30. The molecule has 0 radical (unpaired) electrons. The zero-order chi connectivity index (χ0) is 12.1. The fourth-order valence-corrected chi connectivity index (χ4v) is 2.85. The summed E-state index contributed by atoms with van der Waals surface area (Å²) in [4.78, 5) is 0. The van der Waals surface area contributed by atoms with Gasteiger partial charge in [-0.1, -0.05) is 35.2 Å². The first kappa shape index (κ1) is 16.0. The molecule has 2 rings (SSSR count). The van der Waals surface area contributed by atoms with Gasteiger partial charge in [-0.05, 0) is 31.0 Å².